The Morgan fingerprint density at radius 2 is 1.96 bits per heavy atom. The summed E-state index contributed by atoms with van der Waals surface area (Å²) < 4.78 is 26.8. The van der Waals surface area contributed by atoms with Gasteiger partial charge < -0.3 is 15.2 Å². The maximum Gasteiger partial charge on any atom is 0.174 e. The van der Waals surface area contributed by atoms with Crippen molar-refractivity contribution >= 4 is 23.0 Å². The van der Waals surface area contributed by atoms with E-state index in [2.05, 4.69) is 15.3 Å². The summed E-state index contributed by atoms with van der Waals surface area (Å²) in [7, 11) is 0. The van der Waals surface area contributed by atoms with Crippen molar-refractivity contribution in [2.75, 3.05) is 11.9 Å². The number of hydrogen-bond donors (Lipinski definition) is 2. The molecule has 26 heavy (non-hydrogen) atoms. The van der Waals surface area contributed by atoms with Crippen molar-refractivity contribution in [3.05, 3.63) is 83.4 Å². The quantitative estimate of drug-likeness (QED) is 0.669. The fraction of sp³-hybridized carbons (Fsp3) is 0.158. The molecule has 0 fully saturated rings. The number of fused-ring (bicyclic) bond motifs is 1. The Hall–Kier alpha value is -2.80. The molecule has 2 aromatic carbocycles. The second-order valence-electron chi connectivity index (χ2n) is 6.10. The number of imidazole rings is 1. The van der Waals surface area contributed by atoms with Gasteiger partial charge in [-0.15, -0.1) is 0 Å². The molecule has 1 atom stereocenters. The van der Waals surface area contributed by atoms with Crippen molar-refractivity contribution in [2.45, 2.75) is 12.5 Å². The number of aromatic nitrogens is 2. The van der Waals surface area contributed by atoms with Crippen LogP contribution in [-0.2, 0) is 6.42 Å². The van der Waals surface area contributed by atoms with Crippen LogP contribution in [0.5, 0.6) is 0 Å². The number of nitrogens with one attached hydrogen (secondary N) is 2. The van der Waals surface area contributed by atoms with Gasteiger partial charge in [-0.05, 0) is 48.1 Å². The Morgan fingerprint density at radius 1 is 1.15 bits per heavy atom. The van der Waals surface area contributed by atoms with Gasteiger partial charge in [0, 0.05) is 24.3 Å². The zero-order chi connectivity index (χ0) is 18.1. The summed E-state index contributed by atoms with van der Waals surface area (Å²) in [6.07, 6.45) is 2.42. The van der Waals surface area contributed by atoms with Crippen LogP contribution in [0.1, 0.15) is 23.0 Å². The van der Waals surface area contributed by atoms with Crippen LogP contribution in [0, 0.1) is 11.6 Å². The molecule has 1 aliphatic rings. The van der Waals surface area contributed by atoms with Gasteiger partial charge in [0.05, 0.1) is 12.0 Å². The third kappa shape index (κ3) is 3.17. The van der Waals surface area contributed by atoms with E-state index in [0.29, 0.717) is 17.3 Å². The van der Waals surface area contributed by atoms with E-state index in [-0.39, 0.29) is 17.7 Å². The molecule has 2 N–H and O–H groups in total. The smallest absolute Gasteiger partial charge is 0.174 e. The second kappa shape index (κ2) is 6.84. The highest BCUT2D eigenvalue weighted by molar-refractivity contribution is 7.80. The zero-order valence-electron chi connectivity index (χ0n) is 13.7. The first-order valence-corrected chi connectivity index (χ1v) is 8.63. The Bertz CT molecular complexity index is 939. The number of anilines is 1. The molecule has 1 aliphatic heterocycles. The Morgan fingerprint density at radius 3 is 2.73 bits per heavy atom. The van der Waals surface area contributed by atoms with Gasteiger partial charge in [0.2, 0.25) is 0 Å². The third-order valence-corrected chi connectivity index (χ3v) is 4.78. The summed E-state index contributed by atoms with van der Waals surface area (Å²) in [6.45, 7) is 0.665. The minimum absolute atomic E-state index is 0.237. The highest BCUT2D eigenvalue weighted by Crippen LogP contribution is 2.34. The lowest BCUT2D eigenvalue weighted by atomic mass is 9.96. The number of aromatic amines is 1. The first-order chi connectivity index (χ1) is 12.6. The van der Waals surface area contributed by atoms with Gasteiger partial charge in [0.1, 0.15) is 17.7 Å². The highest BCUT2D eigenvalue weighted by atomic mass is 32.1. The highest BCUT2D eigenvalue weighted by Gasteiger charge is 2.32. The summed E-state index contributed by atoms with van der Waals surface area (Å²) in [5.41, 5.74) is 3.39. The van der Waals surface area contributed by atoms with Gasteiger partial charge in [-0.2, -0.15) is 0 Å². The molecule has 0 unspecified atom stereocenters. The number of hydrogen-bond acceptors (Lipinski definition) is 2. The summed E-state index contributed by atoms with van der Waals surface area (Å²) in [5.74, 6) is -0.625. The van der Waals surface area contributed by atoms with Crippen molar-refractivity contribution in [1.82, 2.24) is 14.9 Å². The molecule has 4 nitrogen and oxygen atoms in total. The molecule has 1 aromatic heterocycles. The molecule has 3 aromatic rings. The van der Waals surface area contributed by atoms with E-state index in [1.165, 1.54) is 24.3 Å². The number of H-pyrrole nitrogens is 1. The number of benzene rings is 2. The van der Waals surface area contributed by atoms with E-state index >= 15 is 0 Å². The fourth-order valence-corrected chi connectivity index (χ4v) is 3.55. The third-order valence-electron chi connectivity index (χ3n) is 4.45. The molecule has 0 saturated heterocycles. The lowest BCUT2D eigenvalue weighted by molar-refractivity contribution is 0.336. The lowest BCUT2D eigenvalue weighted by Crippen LogP contribution is -2.43. The number of rotatable bonds is 2. The van der Waals surface area contributed by atoms with Gasteiger partial charge in [0.25, 0.3) is 0 Å². The molecule has 0 spiro atoms. The first-order valence-electron chi connectivity index (χ1n) is 8.22. The summed E-state index contributed by atoms with van der Waals surface area (Å²) in [6, 6.07) is 12.2. The fourth-order valence-electron chi connectivity index (χ4n) is 3.24. The SMILES string of the molecule is Fc1ccc([C@@H]2c3nc[nH]c3CCN2C(=S)Nc2cccc(F)c2)cc1. The standard InChI is InChI=1S/C19H16F2N4S/c20-13-6-4-12(5-7-13)18-17-16(22-11-23-17)8-9-25(18)19(26)24-15-3-1-2-14(21)10-15/h1-7,10-11,18H,8-9H2,(H,22,23)(H,24,26)/t18-/m1/s1. The van der Waals surface area contributed by atoms with Crippen molar-refractivity contribution in [3.63, 3.8) is 0 Å². The van der Waals surface area contributed by atoms with Crippen LogP contribution >= 0.6 is 12.2 Å². The molecule has 0 aliphatic carbocycles. The van der Waals surface area contributed by atoms with Crippen LogP contribution < -0.4 is 5.32 Å². The average molecular weight is 370 g/mol. The molecule has 7 heteroatoms. The topological polar surface area (TPSA) is 44.0 Å². The van der Waals surface area contributed by atoms with E-state index in [9.17, 15) is 8.78 Å². The van der Waals surface area contributed by atoms with Gasteiger partial charge in [-0.1, -0.05) is 18.2 Å². The minimum Gasteiger partial charge on any atom is -0.348 e. The van der Waals surface area contributed by atoms with E-state index in [1.807, 2.05) is 4.90 Å². The Balaban J connectivity index is 1.67. The molecule has 0 saturated carbocycles. The van der Waals surface area contributed by atoms with Gasteiger partial charge in [-0.3, -0.25) is 0 Å². The predicted molar refractivity (Wildman–Crippen MR) is 99.9 cm³/mol. The summed E-state index contributed by atoms with van der Waals surface area (Å²) in [4.78, 5) is 9.61. The van der Waals surface area contributed by atoms with Gasteiger partial charge >= 0.3 is 0 Å². The maximum atomic E-state index is 13.4. The molecule has 2 heterocycles. The average Bonchev–Trinajstić information content (AvgIpc) is 3.10. The summed E-state index contributed by atoms with van der Waals surface area (Å²) >= 11 is 5.59. The summed E-state index contributed by atoms with van der Waals surface area (Å²) in [5, 5.41) is 3.56. The van der Waals surface area contributed by atoms with Crippen LogP contribution in [0.15, 0.2) is 54.9 Å². The van der Waals surface area contributed by atoms with Crippen molar-refractivity contribution < 1.29 is 8.78 Å². The molecule has 0 amide bonds. The van der Waals surface area contributed by atoms with Gasteiger partial charge in [-0.25, -0.2) is 13.8 Å². The largest absolute Gasteiger partial charge is 0.348 e. The maximum absolute atomic E-state index is 13.4. The van der Waals surface area contributed by atoms with E-state index in [1.54, 1.807) is 30.6 Å². The van der Waals surface area contributed by atoms with Crippen LogP contribution in [0.4, 0.5) is 14.5 Å². The molecular weight excluding hydrogens is 354 g/mol. The van der Waals surface area contributed by atoms with Crippen molar-refractivity contribution in [2.24, 2.45) is 0 Å². The molecule has 0 radical (unpaired) electrons. The minimum atomic E-state index is -0.332. The normalized spacial score (nSPS) is 16.2. The first kappa shape index (κ1) is 16.7. The van der Waals surface area contributed by atoms with Crippen LogP contribution in [-0.4, -0.2) is 26.5 Å². The van der Waals surface area contributed by atoms with Crippen LogP contribution in [0.2, 0.25) is 0 Å². The van der Waals surface area contributed by atoms with E-state index in [4.69, 9.17) is 12.2 Å². The second-order valence-corrected chi connectivity index (χ2v) is 6.49. The number of thiocarbonyl (C=S) groups is 1. The van der Waals surface area contributed by atoms with Crippen LogP contribution in [0.3, 0.4) is 0 Å². The molecule has 132 valence electrons. The van der Waals surface area contributed by atoms with Gasteiger partial charge in [0.15, 0.2) is 5.11 Å². The van der Waals surface area contributed by atoms with Crippen molar-refractivity contribution in [1.29, 1.82) is 0 Å². The number of nitrogens with zero attached hydrogens (tertiary/aromatic N) is 2. The zero-order valence-corrected chi connectivity index (χ0v) is 14.6. The van der Waals surface area contributed by atoms with Crippen molar-refractivity contribution in [3.8, 4) is 0 Å². The van der Waals surface area contributed by atoms with Crippen LogP contribution in [0.25, 0.3) is 0 Å². The lowest BCUT2D eigenvalue weighted by Gasteiger charge is -2.37. The Labute approximate surface area is 154 Å². The predicted octanol–water partition coefficient (Wildman–Crippen LogP) is 4.03. The molecule has 4 rings (SSSR count). The molecule has 0 bridgehead atoms. The van der Waals surface area contributed by atoms with E-state index < -0.39 is 0 Å². The number of halogens is 2. The Kier molecular flexibility index (Phi) is 4.38. The molecular formula is C19H16F2N4S. The van der Waals surface area contributed by atoms with E-state index in [0.717, 1.165) is 23.4 Å². The monoisotopic (exact) mass is 370 g/mol.